The first-order chi connectivity index (χ1) is 8.15. The van der Waals surface area contributed by atoms with Gasteiger partial charge in [0.2, 0.25) is 0 Å². The molecule has 2 unspecified atom stereocenters. The van der Waals surface area contributed by atoms with Crippen LogP contribution in [0.4, 0.5) is 0 Å². The van der Waals surface area contributed by atoms with Gasteiger partial charge in [-0.15, -0.1) is 0 Å². The summed E-state index contributed by atoms with van der Waals surface area (Å²) in [7, 11) is 4.38. The number of aliphatic hydroxyl groups excluding tert-OH is 1. The second kappa shape index (κ2) is 5.65. The minimum atomic E-state index is -0.00801. The zero-order chi connectivity index (χ0) is 12.3. The molecule has 0 aromatic heterocycles. The second-order valence-electron chi connectivity index (χ2n) is 5.93. The number of ether oxygens (including phenoxy) is 1. The van der Waals surface area contributed by atoms with Crippen LogP contribution in [0.5, 0.6) is 0 Å². The number of aliphatic hydroxyl groups is 1. The number of likely N-dealkylation sites (tertiary alicyclic amines) is 1. The Kier molecular flexibility index (Phi) is 4.42. The van der Waals surface area contributed by atoms with E-state index in [0.717, 1.165) is 26.1 Å². The zero-order valence-electron chi connectivity index (χ0n) is 11.2. The standard InChI is InChI=1S/C13H26N2O2/c1-14(8-12-4-3-6-15(12)2)9-13(10-16)5-7-17-11-13/h12,16H,3-11H2,1-2H3. The molecule has 2 heterocycles. The molecule has 2 aliphatic heterocycles. The van der Waals surface area contributed by atoms with Crippen LogP contribution in [-0.2, 0) is 4.74 Å². The fourth-order valence-corrected chi connectivity index (χ4v) is 3.16. The molecular formula is C13H26N2O2. The van der Waals surface area contributed by atoms with Gasteiger partial charge >= 0.3 is 0 Å². The molecule has 0 aromatic rings. The Hall–Kier alpha value is -0.160. The van der Waals surface area contributed by atoms with Crippen LogP contribution in [0.2, 0.25) is 0 Å². The van der Waals surface area contributed by atoms with Crippen LogP contribution in [0.1, 0.15) is 19.3 Å². The Morgan fingerprint density at radius 2 is 2.35 bits per heavy atom. The lowest BCUT2D eigenvalue weighted by Gasteiger charge is -2.33. The van der Waals surface area contributed by atoms with Crippen LogP contribution in [0.3, 0.4) is 0 Å². The van der Waals surface area contributed by atoms with Crippen molar-refractivity contribution in [3.63, 3.8) is 0 Å². The minimum absolute atomic E-state index is 0.00801. The molecular weight excluding hydrogens is 216 g/mol. The van der Waals surface area contributed by atoms with Gasteiger partial charge in [-0.05, 0) is 39.9 Å². The van der Waals surface area contributed by atoms with E-state index in [1.165, 1.54) is 19.4 Å². The highest BCUT2D eigenvalue weighted by molar-refractivity contribution is 4.87. The molecule has 100 valence electrons. The van der Waals surface area contributed by atoms with Crippen LogP contribution in [-0.4, -0.2) is 74.5 Å². The summed E-state index contributed by atoms with van der Waals surface area (Å²) >= 11 is 0. The van der Waals surface area contributed by atoms with Crippen LogP contribution in [0.25, 0.3) is 0 Å². The van der Waals surface area contributed by atoms with E-state index in [1.54, 1.807) is 0 Å². The summed E-state index contributed by atoms with van der Waals surface area (Å²) in [5.41, 5.74) is -0.00801. The van der Waals surface area contributed by atoms with Crippen molar-refractivity contribution in [2.45, 2.75) is 25.3 Å². The maximum Gasteiger partial charge on any atom is 0.0557 e. The number of likely N-dealkylation sites (N-methyl/N-ethyl adjacent to an activating group) is 2. The Balaban J connectivity index is 1.81. The molecule has 0 spiro atoms. The van der Waals surface area contributed by atoms with Crippen molar-refractivity contribution in [3.05, 3.63) is 0 Å². The van der Waals surface area contributed by atoms with Crippen molar-refractivity contribution in [3.8, 4) is 0 Å². The summed E-state index contributed by atoms with van der Waals surface area (Å²) < 4.78 is 5.45. The first-order valence-corrected chi connectivity index (χ1v) is 6.73. The minimum Gasteiger partial charge on any atom is -0.396 e. The van der Waals surface area contributed by atoms with Gasteiger partial charge in [-0.25, -0.2) is 0 Å². The highest BCUT2D eigenvalue weighted by atomic mass is 16.5. The molecule has 0 bridgehead atoms. The predicted molar refractivity (Wildman–Crippen MR) is 68.1 cm³/mol. The normalized spacial score (nSPS) is 34.9. The molecule has 1 N–H and O–H groups in total. The van der Waals surface area contributed by atoms with Crippen molar-refractivity contribution < 1.29 is 9.84 Å². The smallest absolute Gasteiger partial charge is 0.0557 e. The first-order valence-electron chi connectivity index (χ1n) is 6.73. The van der Waals surface area contributed by atoms with Crippen molar-refractivity contribution in [1.82, 2.24) is 9.80 Å². The van der Waals surface area contributed by atoms with Crippen molar-refractivity contribution >= 4 is 0 Å². The maximum absolute atomic E-state index is 9.56. The van der Waals surface area contributed by atoms with E-state index in [2.05, 4.69) is 23.9 Å². The van der Waals surface area contributed by atoms with Crippen LogP contribution >= 0.6 is 0 Å². The Bertz CT molecular complexity index is 242. The first kappa shape index (κ1) is 13.3. The second-order valence-corrected chi connectivity index (χ2v) is 5.93. The molecule has 0 amide bonds. The molecule has 0 saturated carbocycles. The van der Waals surface area contributed by atoms with Crippen LogP contribution in [0.15, 0.2) is 0 Å². The van der Waals surface area contributed by atoms with Gasteiger partial charge in [-0.3, -0.25) is 0 Å². The average molecular weight is 242 g/mol. The van der Waals surface area contributed by atoms with Gasteiger partial charge in [0.15, 0.2) is 0 Å². The molecule has 2 fully saturated rings. The molecule has 2 saturated heterocycles. The molecule has 4 nitrogen and oxygen atoms in total. The Labute approximate surface area is 105 Å². The summed E-state index contributed by atoms with van der Waals surface area (Å²) in [6, 6.07) is 0.693. The van der Waals surface area contributed by atoms with Crippen molar-refractivity contribution in [2.75, 3.05) is 53.6 Å². The van der Waals surface area contributed by atoms with E-state index in [4.69, 9.17) is 4.74 Å². The van der Waals surface area contributed by atoms with Gasteiger partial charge in [-0.2, -0.15) is 0 Å². The Morgan fingerprint density at radius 1 is 1.53 bits per heavy atom. The molecule has 0 aliphatic carbocycles. The van der Waals surface area contributed by atoms with E-state index < -0.39 is 0 Å². The predicted octanol–water partition coefficient (Wildman–Crippen LogP) is 0.411. The van der Waals surface area contributed by atoms with E-state index in [9.17, 15) is 5.11 Å². The lowest BCUT2D eigenvalue weighted by molar-refractivity contribution is 0.0584. The quantitative estimate of drug-likeness (QED) is 0.757. The zero-order valence-corrected chi connectivity index (χ0v) is 11.2. The fourth-order valence-electron chi connectivity index (χ4n) is 3.16. The summed E-state index contributed by atoms with van der Waals surface area (Å²) in [5.74, 6) is 0. The van der Waals surface area contributed by atoms with Gasteiger partial charge in [0.05, 0.1) is 13.2 Å². The number of hydrogen-bond donors (Lipinski definition) is 1. The van der Waals surface area contributed by atoms with Gasteiger partial charge in [0, 0.05) is 31.2 Å². The molecule has 2 aliphatic rings. The van der Waals surface area contributed by atoms with E-state index in [1.807, 2.05) is 0 Å². The molecule has 0 radical (unpaired) electrons. The molecule has 4 heteroatoms. The summed E-state index contributed by atoms with van der Waals surface area (Å²) in [5, 5.41) is 9.56. The maximum atomic E-state index is 9.56. The van der Waals surface area contributed by atoms with Gasteiger partial charge in [0.25, 0.3) is 0 Å². The summed E-state index contributed by atoms with van der Waals surface area (Å²) in [6.45, 7) is 5.06. The molecule has 0 aromatic carbocycles. The fraction of sp³-hybridized carbons (Fsp3) is 1.00. The van der Waals surface area contributed by atoms with E-state index in [-0.39, 0.29) is 12.0 Å². The van der Waals surface area contributed by atoms with Gasteiger partial charge in [-0.1, -0.05) is 0 Å². The Morgan fingerprint density at radius 3 is 2.88 bits per heavy atom. The van der Waals surface area contributed by atoms with Crippen molar-refractivity contribution in [1.29, 1.82) is 0 Å². The van der Waals surface area contributed by atoms with Crippen molar-refractivity contribution in [2.24, 2.45) is 5.41 Å². The SMILES string of the molecule is CN(CC1CCCN1C)CC1(CO)CCOC1. The third-order valence-corrected chi connectivity index (χ3v) is 4.32. The van der Waals surface area contributed by atoms with Gasteiger partial charge < -0.3 is 19.6 Å². The molecule has 2 atom stereocenters. The van der Waals surface area contributed by atoms with E-state index in [0.29, 0.717) is 12.6 Å². The molecule has 2 rings (SSSR count). The van der Waals surface area contributed by atoms with Crippen LogP contribution in [0, 0.1) is 5.41 Å². The van der Waals surface area contributed by atoms with Gasteiger partial charge in [0.1, 0.15) is 0 Å². The number of nitrogens with zero attached hydrogens (tertiary/aromatic N) is 2. The third kappa shape index (κ3) is 3.19. The monoisotopic (exact) mass is 242 g/mol. The number of hydrogen-bond acceptors (Lipinski definition) is 4. The topological polar surface area (TPSA) is 35.9 Å². The van der Waals surface area contributed by atoms with E-state index >= 15 is 0 Å². The number of rotatable bonds is 5. The third-order valence-electron chi connectivity index (χ3n) is 4.32. The highest BCUT2D eigenvalue weighted by Crippen LogP contribution is 2.29. The summed E-state index contributed by atoms with van der Waals surface area (Å²) in [4.78, 5) is 4.82. The lowest BCUT2D eigenvalue weighted by atomic mass is 9.88. The largest absolute Gasteiger partial charge is 0.396 e. The summed E-state index contributed by atoms with van der Waals surface area (Å²) in [6.07, 6.45) is 3.63. The van der Waals surface area contributed by atoms with Crippen LogP contribution < -0.4 is 0 Å². The molecule has 17 heavy (non-hydrogen) atoms. The average Bonchev–Trinajstić information content (AvgIpc) is 2.90. The lowest BCUT2D eigenvalue weighted by Crippen LogP contribution is -2.44. The highest BCUT2D eigenvalue weighted by Gasteiger charge is 2.36.